The number of rotatable bonds is 6. The van der Waals surface area contributed by atoms with E-state index in [-0.39, 0.29) is 18.1 Å². The highest BCUT2D eigenvalue weighted by molar-refractivity contribution is 6.04. The minimum atomic E-state index is -0.524. The van der Waals surface area contributed by atoms with Gasteiger partial charge in [-0.2, -0.15) is 0 Å². The van der Waals surface area contributed by atoms with Gasteiger partial charge in [-0.1, -0.05) is 30.3 Å². The van der Waals surface area contributed by atoms with Crippen molar-refractivity contribution in [3.05, 3.63) is 71.3 Å². The molecule has 1 N–H and O–H groups in total. The average Bonchev–Trinajstić information content (AvgIpc) is 2.86. The van der Waals surface area contributed by atoms with Crippen LogP contribution in [0.5, 0.6) is 0 Å². The number of amides is 3. The van der Waals surface area contributed by atoms with E-state index < -0.39 is 11.2 Å². The van der Waals surface area contributed by atoms with Gasteiger partial charge in [0.15, 0.2) is 0 Å². The van der Waals surface area contributed by atoms with Crippen molar-refractivity contribution in [1.29, 1.82) is 0 Å². The first-order valence-corrected chi connectivity index (χ1v) is 13.3. The van der Waals surface area contributed by atoms with E-state index in [1.54, 1.807) is 16.8 Å². The molecule has 0 saturated carbocycles. The van der Waals surface area contributed by atoms with Gasteiger partial charge in [-0.15, -0.1) is 0 Å². The number of carbonyl (C=O) groups is 3. The Bertz CT molecular complexity index is 1190. The maximum absolute atomic E-state index is 12.8. The Morgan fingerprint density at radius 1 is 0.897 bits per heavy atom. The molecule has 0 fully saturated rings. The lowest BCUT2D eigenvalue weighted by Gasteiger charge is -2.29. The number of hydrogen-bond acceptors (Lipinski definition) is 5. The van der Waals surface area contributed by atoms with Crippen LogP contribution in [0.1, 0.15) is 69.4 Å². The van der Waals surface area contributed by atoms with Crippen molar-refractivity contribution in [3.63, 3.8) is 0 Å². The highest BCUT2D eigenvalue weighted by atomic mass is 16.6. The van der Waals surface area contributed by atoms with Gasteiger partial charge in [0.2, 0.25) is 0 Å². The van der Waals surface area contributed by atoms with Crippen molar-refractivity contribution < 1.29 is 23.9 Å². The largest absolute Gasteiger partial charge is 0.444 e. The first-order valence-electron chi connectivity index (χ1n) is 13.3. The highest BCUT2D eigenvalue weighted by Gasteiger charge is 2.24. The molecule has 0 unspecified atom stereocenters. The summed E-state index contributed by atoms with van der Waals surface area (Å²) in [7, 11) is 1.72. The van der Waals surface area contributed by atoms with Crippen molar-refractivity contribution in [2.45, 2.75) is 65.6 Å². The third-order valence-electron chi connectivity index (χ3n) is 6.03. The van der Waals surface area contributed by atoms with Crippen LogP contribution >= 0.6 is 0 Å². The lowest BCUT2D eigenvalue weighted by atomic mass is 9.98. The number of anilines is 1. The molecule has 2 aromatic carbocycles. The fourth-order valence-electron chi connectivity index (χ4n) is 3.95. The van der Waals surface area contributed by atoms with Gasteiger partial charge in [0.25, 0.3) is 5.91 Å². The second kappa shape index (κ2) is 12.4. The average molecular weight is 536 g/mol. The van der Waals surface area contributed by atoms with E-state index in [0.717, 1.165) is 23.1 Å². The second-order valence-electron chi connectivity index (χ2n) is 11.8. The quantitative estimate of drug-likeness (QED) is 0.464. The number of benzene rings is 2. The number of ether oxygens (including phenoxy) is 2. The van der Waals surface area contributed by atoms with E-state index in [0.29, 0.717) is 37.3 Å². The van der Waals surface area contributed by atoms with E-state index in [1.165, 1.54) is 0 Å². The fraction of sp³-hybridized carbons (Fsp3) is 0.452. The number of likely N-dealkylation sites (N-methyl/N-ethyl adjacent to an activating group) is 1. The van der Waals surface area contributed by atoms with Crippen LogP contribution in [0.3, 0.4) is 0 Å². The summed E-state index contributed by atoms with van der Waals surface area (Å²) < 4.78 is 10.8. The predicted octanol–water partition coefficient (Wildman–Crippen LogP) is 6.37. The Labute approximate surface area is 232 Å². The molecule has 0 aliphatic carbocycles. The van der Waals surface area contributed by atoms with E-state index in [4.69, 9.17) is 9.47 Å². The van der Waals surface area contributed by atoms with Crippen molar-refractivity contribution in [1.82, 2.24) is 9.80 Å². The van der Waals surface area contributed by atoms with Gasteiger partial charge < -0.3 is 24.6 Å². The van der Waals surface area contributed by atoms with E-state index in [9.17, 15) is 14.4 Å². The van der Waals surface area contributed by atoms with E-state index >= 15 is 0 Å². The molecule has 0 saturated heterocycles. The minimum absolute atomic E-state index is 0.187. The summed E-state index contributed by atoms with van der Waals surface area (Å²) in [5, 5.41) is 2.93. The third kappa shape index (κ3) is 9.46. The van der Waals surface area contributed by atoms with Gasteiger partial charge >= 0.3 is 12.2 Å². The Hall–Kier alpha value is -3.81. The van der Waals surface area contributed by atoms with Gasteiger partial charge in [-0.05, 0) is 95.3 Å². The first kappa shape index (κ1) is 29.7. The van der Waals surface area contributed by atoms with Crippen LogP contribution in [-0.4, -0.2) is 65.8 Å². The molecular formula is C31H41N3O5. The number of hydrogen-bond donors (Lipinski definition) is 1. The van der Waals surface area contributed by atoms with Crippen molar-refractivity contribution in [2.24, 2.45) is 0 Å². The molecule has 8 heteroatoms. The van der Waals surface area contributed by atoms with Crippen molar-refractivity contribution in [2.75, 3.05) is 32.0 Å². The molecule has 3 amide bonds. The summed E-state index contributed by atoms with van der Waals surface area (Å²) in [6.07, 6.45) is 2.79. The Morgan fingerprint density at radius 3 is 2.05 bits per heavy atom. The zero-order valence-electron chi connectivity index (χ0n) is 24.2. The molecule has 0 bridgehead atoms. The number of carbonyl (C=O) groups excluding carboxylic acids is 3. The van der Waals surface area contributed by atoms with Crippen LogP contribution in [0.15, 0.2) is 54.6 Å². The highest BCUT2D eigenvalue weighted by Crippen LogP contribution is 2.24. The summed E-state index contributed by atoms with van der Waals surface area (Å²) in [4.78, 5) is 40.4. The Kier molecular flexibility index (Phi) is 9.43. The van der Waals surface area contributed by atoms with Crippen LogP contribution in [0.2, 0.25) is 0 Å². The van der Waals surface area contributed by atoms with Crippen LogP contribution in [0.4, 0.5) is 15.3 Å². The maximum atomic E-state index is 12.8. The van der Waals surface area contributed by atoms with E-state index in [1.807, 2.05) is 96.1 Å². The zero-order valence-corrected chi connectivity index (χ0v) is 24.2. The lowest BCUT2D eigenvalue weighted by Crippen LogP contribution is -2.39. The van der Waals surface area contributed by atoms with Crippen LogP contribution in [-0.2, 0) is 15.9 Å². The topological polar surface area (TPSA) is 88.2 Å². The van der Waals surface area contributed by atoms with Gasteiger partial charge in [-0.3, -0.25) is 4.79 Å². The van der Waals surface area contributed by atoms with Crippen molar-refractivity contribution >= 4 is 29.4 Å². The third-order valence-corrected chi connectivity index (χ3v) is 6.03. The van der Waals surface area contributed by atoms with Crippen LogP contribution in [0, 0.1) is 0 Å². The summed E-state index contributed by atoms with van der Waals surface area (Å²) in [5.74, 6) is -0.187. The summed E-state index contributed by atoms with van der Waals surface area (Å²) in [6, 6.07) is 15.1. The number of nitrogens with one attached hydrogen (secondary N) is 1. The molecule has 0 spiro atoms. The summed E-state index contributed by atoms with van der Waals surface area (Å²) in [6.45, 7) is 12.7. The van der Waals surface area contributed by atoms with Gasteiger partial charge in [0.1, 0.15) is 11.2 Å². The second-order valence-corrected chi connectivity index (χ2v) is 11.8. The smallest absolute Gasteiger partial charge is 0.410 e. The normalized spacial score (nSPS) is 13.8. The summed E-state index contributed by atoms with van der Waals surface area (Å²) >= 11 is 0. The zero-order chi connectivity index (χ0) is 28.8. The SMILES string of the molecule is CN(CCc1ccc(NC(=O)c2ccc(C3=CCN(C(=O)OC(C)(C)C)CC3)cc2)cc1)C(=O)OC(C)(C)C. The van der Waals surface area contributed by atoms with Gasteiger partial charge in [0, 0.05) is 37.9 Å². The maximum Gasteiger partial charge on any atom is 0.410 e. The Balaban J connectivity index is 1.50. The molecule has 3 rings (SSSR count). The summed E-state index contributed by atoms with van der Waals surface area (Å²) in [5.41, 5.74) is 3.47. The minimum Gasteiger partial charge on any atom is -0.444 e. The standard InChI is InChI=1S/C31H41N3O5/c1-30(2,3)38-28(36)33(7)19-16-22-8-14-26(15-9-22)32-27(35)25-12-10-23(11-13-25)24-17-20-34(21-18-24)29(37)39-31(4,5)6/h8-15,17H,16,18-21H2,1-7H3,(H,32,35). The molecule has 0 aromatic heterocycles. The molecule has 1 heterocycles. The molecule has 2 aromatic rings. The molecule has 1 aliphatic rings. The van der Waals surface area contributed by atoms with Gasteiger partial charge in [-0.25, -0.2) is 9.59 Å². The Morgan fingerprint density at radius 2 is 1.51 bits per heavy atom. The van der Waals surface area contributed by atoms with Crippen LogP contribution in [0.25, 0.3) is 5.57 Å². The van der Waals surface area contributed by atoms with Crippen molar-refractivity contribution in [3.8, 4) is 0 Å². The fourth-order valence-corrected chi connectivity index (χ4v) is 3.95. The molecule has 0 atom stereocenters. The van der Waals surface area contributed by atoms with Gasteiger partial charge in [0.05, 0.1) is 0 Å². The molecule has 8 nitrogen and oxygen atoms in total. The molecule has 1 aliphatic heterocycles. The first-order chi connectivity index (χ1) is 18.2. The molecule has 210 valence electrons. The molecule has 39 heavy (non-hydrogen) atoms. The monoisotopic (exact) mass is 535 g/mol. The predicted molar refractivity (Wildman–Crippen MR) is 154 cm³/mol. The molecular weight excluding hydrogens is 494 g/mol. The van der Waals surface area contributed by atoms with E-state index in [2.05, 4.69) is 5.32 Å². The lowest BCUT2D eigenvalue weighted by molar-refractivity contribution is 0.0267. The van der Waals surface area contributed by atoms with Crippen LogP contribution < -0.4 is 5.32 Å². The molecule has 0 radical (unpaired) electrons. The number of nitrogens with zero attached hydrogens (tertiary/aromatic N) is 2.